The molecular formula is C9H12ClO4P. The van der Waals surface area contributed by atoms with E-state index in [1.165, 1.54) is 14.2 Å². The van der Waals surface area contributed by atoms with Crippen LogP contribution in [0, 0.1) is 0 Å². The van der Waals surface area contributed by atoms with Gasteiger partial charge in [-0.05, 0) is 5.56 Å². The Morgan fingerprint density at radius 1 is 1.20 bits per heavy atom. The van der Waals surface area contributed by atoms with Crippen molar-refractivity contribution >= 4 is 19.4 Å². The molecule has 4 nitrogen and oxygen atoms in total. The molecule has 0 saturated carbocycles. The monoisotopic (exact) mass is 250 g/mol. The summed E-state index contributed by atoms with van der Waals surface area (Å²) < 4.78 is 25.8. The minimum atomic E-state index is -3.53. The van der Waals surface area contributed by atoms with E-state index in [2.05, 4.69) is 9.05 Å². The summed E-state index contributed by atoms with van der Waals surface area (Å²) in [6, 6.07) is 8.97. The summed E-state index contributed by atoms with van der Waals surface area (Å²) in [6.07, 6.45) is 0. The fourth-order valence-corrected chi connectivity index (χ4v) is 2.05. The number of halogens is 1. The second-order valence-electron chi connectivity index (χ2n) is 2.64. The van der Waals surface area contributed by atoms with Gasteiger partial charge in [0.05, 0.1) is 0 Å². The lowest BCUT2D eigenvalue weighted by molar-refractivity contribution is 0.139. The van der Waals surface area contributed by atoms with Crippen molar-refractivity contribution in [3.63, 3.8) is 0 Å². The highest BCUT2D eigenvalue weighted by Gasteiger charge is 2.27. The average Bonchev–Trinajstić information content (AvgIpc) is 2.30. The lowest BCUT2D eigenvalue weighted by atomic mass is 10.2. The summed E-state index contributed by atoms with van der Waals surface area (Å²) in [6.45, 7) is 0. The first-order chi connectivity index (χ1) is 7.11. The van der Waals surface area contributed by atoms with Crippen molar-refractivity contribution in [2.45, 2.75) is 5.56 Å². The molecule has 0 fully saturated rings. The van der Waals surface area contributed by atoms with Gasteiger partial charge in [-0.1, -0.05) is 41.9 Å². The Bertz CT molecular complexity index is 335. The minimum absolute atomic E-state index is 0.688. The summed E-state index contributed by atoms with van der Waals surface area (Å²) in [5.74, 6) is 0. The van der Waals surface area contributed by atoms with Gasteiger partial charge in [0, 0.05) is 14.2 Å². The molecule has 0 heterocycles. The van der Waals surface area contributed by atoms with Crippen molar-refractivity contribution in [1.29, 1.82) is 0 Å². The second kappa shape index (κ2) is 5.64. The average molecular weight is 251 g/mol. The number of phosphoric ester groups is 1. The summed E-state index contributed by atoms with van der Waals surface area (Å²) in [7, 11) is -1.06. The smallest absolute Gasteiger partial charge is 0.290 e. The highest BCUT2D eigenvalue weighted by Crippen LogP contribution is 2.52. The van der Waals surface area contributed by atoms with Crippen molar-refractivity contribution in [1.82, 2.24) is 0 Å². The van der Waals surface area contributed by atoms with Crippen LogP contribution in [-0.4, -0.2) is 14.2 Å². The molecule has 0 aliphatic heterocycles. The molecule has 0 saturated heterocycles. The van der Waals surface area contributed by atoms with Crippen LogP contribution in [0.4, 0.5) is 0 Å². The first kappa shape index (κ1) is 12.7. The van der Waals surface area contributed by atoms with E-state index < -0.39 is 13.4 Å². The highest BCUT2D eigenvalue weighted by atomic mass is 35.5. The van der Waals surface area contributed by atoms with Gasteiger partial charge in [-0.15, -0.1) is 0 Å². The van der Waals surface area contributed by atoms with Crippen molar-refractivity contribution < 1.29 is 18.1 Å². The molecule has 15 heavy (non-hydrogen) atoms. The molecule has 6 heteroatoms. The topological polar surface area (TPSA) is 44.8 Å². The van der Waals surface area contributed by atoms with Crippen LogP contribution in [0.2, 0.25) is 0 Å². The summed E-state index contributed by atoms with van der Waals surface area (Å²) in [4.78, 5) is 0. The lowest BCUT2D eigenvalue weighted by Crippen LogP contribution is -1.99. The number of alkyl halides is 1. The third-order valence-corrected chi connectivity index (χ3v) is 3.56. The summed E-state index contributed by atoms with van der Waals surface area (Å²) in [5.41, 5.74) is -0.176. The standard InChI is InChI=1S/C9H12ClO4P/c1-12-15(11,13-2)14-9(10)8-6-4-3-5-7-8/h3-7,9H,1-2H3. The Hall–Kier alpha value is -0.380. The zero-order chi connectivity index (χ0) is 11.3. The number of hydrogen-bond donors (Lipinski definition) is 0. The van der Waals surface area contributed by atoms with Crippen molar-refractivity contribution in [2.24, 2.45) is 0 Å². The minimum Gasteiger partial charge on any atom is -0.290 e. The fourth-order valence-electron chi connectivity index (χ4n) is 0.939. The molecule has 0 radical (unpaired) electrons. The molecule has 0 aliphatic carbocycles. The Labute approximate surface area is 93.7 Å². The van der Waals surface area contributed by atoms with Crippen LogP contribution >= 0.6 is 19.4 Å². The number of phosphoric acid groups is 1. The van der Waals surface area contributed by atoms with Gasteiger partial charge in [-0.2, -0.15) is 0 Å². The van der Waals surface area contributed by atoms with Crippen molar-refractivity contribution in [2.75, 3.05) is 14.2 Å². The number of hydrogen-bond acceptors (Lipinski definition) is 4. The van der Waals surface area contributed by atoms with E-state index in [0.29, 0.717) is 5.56 Å². The largest absolute Gasteiger partial charge is 0.476 e. The van der Waals surface area contributed by atoms with E-state index in [1.807, 2.05) is 6.07 Å². The molecule has 0 aromatic heterocycles. The van der Waals surface area contributed by atoms with Crippen LogP contribution in [0.25, 0.3) is 0 Å². The molecule has 0 aliphatic rings. The lowest BCUT2D eigenvalue weighted by Gasteiger charge is -2.17. The molecule has 1 aromatic rings. The molecule has 84 valence electrons. The van der Waals surface area contributed by atoms with Gasteiger partial charge < -0.3 is 0 Å². The Kier molecular flexibility index (Phi) is 4.77. The van der Waals surface area contributed by atoms with Crippen LogP contribution < -0.4 is 0 Å². The predicted octanol–water partition coefficient (Wildman–Crippen LogP) is 3.34. The van der Waals surface area contributed by atoms with Crippen LogP contribution in [0.1, 0.15) is 11.1 Å². The predicted molar refractivity (Wildman–Crippen MR) is 57.7 cm³/mol. The van der Waals surface area contributed by atoms with Gasteiger partial charge in [-0.3, -0.25) is 13.6 Å². The maximum Gasteiger partial charge on any atom is 0.476 e. The van der Waals surface area contributed by atoms with Gasteiger partial charge >= 0.3 is 7.82 Å². The van der Waals surface area contributed by atoms with Gasteiger partial charge in [-0.25, -0.2) is 4.57 Å². The zero-order valence-corrected chi connectivity index (χ0v) is 10.1. The molecule has 0 spiro atoms. The number of benzene rings is 1. The van der Waals surface area contributed by atoms with Crippen LogP contribution in [0.15, 0.2) is 30.3 Å². The molecule has 1 atom stereocenters. The zero-order valence-electron chi connectivity index (χ0n) is 8.42. The third kappa shape index (κ3) is 3.59. The van der Waals surface area contributed by atoms with E-state index in [4.69, 9.17) is 16.1 Å². The Morgan fingerprint density at radius 3 is 2.20 bits per heavy atom. The van der Waals surface area contributed by atoms with E-state index in [0.717, 1.165) is 0 Å². The molecule has 1 unspecified atom stereocenters. The quantitative estimate of drug-likeness (QED) is 0.594. The molecule has 0 bridgehead atoms. The number of rotatable bonds is 5. The van der Waals surface area contributed by atoms with Crippen molar-refractivity contribution in [3.05, 3.63) is 35.9 Å². The van der Waals surface area contributed by atoms with Crippen LogP contribution in [-0.2, 0) is 18.1 Å². The summed E-state index contributed by atoms with van der Waals surface area (Å²) >= 11 is 5.89. The second-order valence-corrected chi connectivity index (χ2v) is 4.88. The van der Waals surface area contributed by atoms with Crippen LogP contribution in [0.3, 0.4) is 0 Å². The van der Waals surface area contributed by atoms with E-state index in [1.54, 1.807) is 24.3 Å². The van der Waals surface area contributed by atoms with Gasteiger partial charge in [0.2, 0.25) is 0 Å². The van der Waals surface area contributed by atoms with E-state index >= 15 is 0 Å². The van der Waals surface area contributed by atoms with Crippen molar-refractivity contribution in [3.8, 4) is 0 Å². The summed E-state index contributed by atoms with van der Waals surface area (Å²) in [5, 5.41) is 0. The Morgan fingerprint density at radius 2 is 1.73 bits per heavy atom. The van der Waals surface area contributed by atoms with Crippen LogP contribution in [0.5, 0.6) is 0 Å². The molecular weight excluding hydrogens is 239 g/mol. The first-order valence-electron chi connectivity index (χ1n) is 4.20. The van der Waals surface area contributed by atoms with E-state index in [9.17, 15) is 4.57 Å². The third-order valence-electron chi connectivity index (χ3n) is 1.73. The first-order valence-corrected chi connectivity index (χ1v) is 6.10. The SMILES string of the molecule is COP(=O)(OC)OC(Cl)c1ccccc1. The molecule has 1 aromatic carbocycles. The van der Waals surface area contributed by atoms with Gasteiger partial charge in [0.25, 0.3) is 0 Å². The maximum absolute atomic E-state index is 11.6. The van der Waals surface area contributed by atoms with E-state index in [-0.39, 0.29) is 0 Å². The highest BCUT2D eigenvalue weighted by molar-refractivity contribution is 7.48. The molecule has 1 rings (SSSR count). The van der Waals surface area contributed by atoms with Gasteiger partial charge in [0.15, 0.2) is 5.56 Å². The molecule has 0 N–H and O–H groups in total. The maximum atomic E-state index is 11.6. The Balaban J connectivity index is 2.71. The normalized spacial score (nSPS) is 13.8. The molecule has 0 amide bonds. The van der Waals surface area contributed by atoms with Gasteiger partial charge in [0.1, 0.15) is 0 Å². The fraction of sp³-hybridized carbons (Fsp3) is 0.333.